The van der Waals surface area contributed by atoms with E-state index in [2.05, 4.69) is 50.7 Å². The van der Waals surface area contributed by atoms with Crippen LogP contribution in [0.15, 0.2) is 43.0 Å². The summed E-state index contributed by atoms with van der Waals surface area (Å²) in [7, 11) is 0. The quantitative estimate of drug-likeness (QED) is 0.788. The minimum Gasteiger partial charge on any atom is -0.382 e. The van der Waals surface area contributed by atoms with E-state index in [0.717, 1.165) is 18.5 Å². The van der Waals surface area contributed by atoms with Crippen molar-refractivity contribution in [3.8, 4) is 0 Å². The number of benzene rings is 1. The monoisotopic (exact) mass is 267 g/mol. The molecule has 0 fully saturated rings. The van der Waals surface area contributed by atoms with Crippen molar-refractivity contribution in [3.05, 3.63) is 48.5 Å². The maximum Gasteiger partial charge on any atom is 0.165 e. The van der Waals surface area contributed by atoms with Crippen LogP contribution in [0.4, 0.5) is 5.82 Å². The summed E-state index contributed by atoms with van der Waals surface area (Å²) in [5.41, 5.74) is 8.64. The van der Waals surface area contributed by atoms with Gasteiger partial charge >= 0.3 is 0 Å². The lowest BCUT2D eigenvalue weighted by atomic mass is 10.1. The number of rotatable bonds is 4. The highest BCUT2D eigenvalue weighted by Crippen LogP contribution is 2.21. The molecule has 20 heavy (non-hydrogen) atoms. The zero-order valence-corrected chi connectivity index (χ0v) is 11.4. The summed E-state index contributed by atoms with van der Waals surface area (Å²) in [6.45, 7) is 2.17. The van der Waals surface area contributed by atoms with Crippen LogP contribution >= 0.6 is 0 Å². The first-order valence-corrected chi connectivity index (χ1v) is 6.72. The first-order valence-electron chi connectivity index (χ1n) is 6.72. The lowest BCUT2D eigenvalue weighted by Gasteiger charge is -2.13. The molecular formula is C15H17N5. The molecule has 0 amide bonds. The van der Waals surface area contributed by atoms with Gasteiger partial charge in [-0.05, 0) is 25.3 Å². The van der Waals surface area contributed by atoms with Crippen molar-refractivity contribution in [1.29, 1.82) is 0 Å². The maximum atomic E-state index is 5.81. The summed E-state index contributed by atoms with van der Waals surface area (Å²) in [5.74, 6) is 0.434. The molecule has 2 N–H and O–H groups in total. The third-order valence-electron chi connectivity index (χ3n) is 3.56. The lowest BCUT2D eigenvalue weighted by molar-refractivity contribution is 0.516. The number of nitrogens with zero attached hydrogens (tertiary/aromatic N) is 4. The van der Waals surface area contributed by atoms with Gasteiger partial charge in [0.25, 0.3) is 0 Å². The molecule has 5 nitrogen and oxygen atoms in total. The maximum absolute atomic E-state index is 5.81. The third-order valence-corrected chi connectivity index (χ3v) is 3.56. The highest BCUT2D eigenvalue weighted by molar-refractivity contribution is 5.81. The molecule has 5 heteroatoms. The largest absolute Gasteiger partial charge is 0.382 e. The zero-order valence-electron chi connectivity index (χ0n) is 11.4. The average Bonchev–Trinajstić information content (AvgIpc) is 2.91. The van der Waals surface area contributed by atoms with Crippen molar-refractivity contribution in [2.24, 2.45) is 0 Å². The number of aromatic nitrogens is 4. The van der Waals surface area contributed by atoms with Crippen molar-refractivity contribution in [3.63, 3.8) is 0 Å². The highest BCUT2D eigenvalue weighted by atomic mass is 15.1. The summed E-state index contributed by atoms with van der Waals surface area (Å²) in [6.07, 6.45) is 5.34. The molecule has 3 rings (SSSR count). The van der Waals surface area contributed by atoms with E-state index < -0.39 is 0 Å². The Hall–Kier alpha value is -2.43. The Bertz CT molecular complexity index is 705. The van der Waals surface area contributed by atoms with Crippen LogP contribution in [0.25, 0.3) is 11.2 Å². The van der Waals surface area contributed by atoms with Gasteiger partial charge < -0.3 is 10.3 Å². The molecule has 1 aromatic carbocycles. The Morgan fingerprint density at radius 1 is 1.15 bits per heavy atom. The number of nitrogen functional groups attached to an aromatic ring is 1. The molecule has 1 unspecified atom stereocenters. The molecule has 0 radical (unpaired) electrons. The SMILES string of the molecule is CC(CCc1ccccc1)n1cnc2c(N)ncnc21. The van der Waals surface area contributed by atoms with Crippen molar-refractivity contribution in [2.45, 2.75) is 25.8 Å². The fraction of sp³-hybridized carbons (Fsp3) is 0.267. The summed E-state index contributed by atoms with van der Waals surface area (Å²) in [4.78, 5) is 12.6. The minimum absolute atomic E-state index is 0.314. The minimum atomic E-state index is 0.314. The summed E-state index contributed by atoms with van der Waals surface area (Å²) >= 11 is 0. The molecule has 3 aromatic rings. The first-order chi connectivity index (χ1) is 9.75. The van der Waals surface area contributed by atoms with E-state index >= 15 is 0 Å². The number of hydrogen-bond donors (Lipinski definition) is 1. The normalized spacial score (nSPS) is 12.7. The Labute approximate surface area is 117 Å². The molecule has 0 aliphatic rings. The average molecular weight is 267 g/mol. The fourth-order valence-electron chi connectivity index (χ4n) is 2.35. The van der Waals surface area contributed by atoms with Crippen molar-refractivity contribution in [2.75, 3.05) is 5.73 Å². The summed E-state index contributed by atoms with van der Waals surface area (Å²) < 4.78 is 2.07. The van der Waals surface area contributed by atoms with Crippen LogP contribution in [0.3, 0.4) is 0 Å². The van der Waals surface area contributed by atoms with Gasteiger partial charge in [-0.25, -0.2) is 15.0 Å². The van der Waals surface area contributed by atoms with Crippen LogP contribution in [-0.2, 0) is 6.42 Å². The van der Waals surface area contributed by atoms with E-state index in [0.29, 0.717) is 17.4 Å². The molecule has 0 bridgehead atoms. The topological polar surface area (TPSA) is 69.6 Å². The van der Waals surface area contributed by atoms with Crippen LogP contribution in [0.2, 0.25) is 0 Å². The summed E-state index contributed by atoms with van der Waals surface area (Å²) in [5, 5.41) is 0. The lowest BCUT2D eigenvalue weighted by Crippen LogP contribution is -2.06. The molecule has 102 valence electrons. The number of anilines is 1. The number of hydrogen-bond acceptors (Lipinski definition) is 4. The molecule has 0 saturated carbocycles. The first kappa shape index (κ1) is 12.6. The number of aryl methyl sites for hydroxylation is 1. The number of fused-ring (bicyclic) bond motifs is 1. The smallest absolute Gasteiger partial charge is 0.165 e. The number of nitrogens with two attached hydrogens (primary N) is 1. The van der Waals surface area contributed by atoms with E-state index in [1.54, 1.807) is 6.33 Å². The Morgan fingerprint density at radius 3 is 2.75 bits per heavy atom. The van der Waals surface area contributed by atoms with Gasteiger partial charge in [0.15, 0.2) is 11.5 Å². The van der Waals surface area contributed by atoms with Gasteiger partial charge in [0.1, 0.15) is 11.8 Å². The standard InChI is InChI=1S/C15H17N5/c1-11(7-8-12-5-3-2-4-6-12)20-10-19-13-14(16)17-9-18-15(13)20/h2-6,9-11H,7-8H2,1H3,(H2,16,17,18). The molecule has 2 aromatic heterocycles. The van der Waals surface area contributed by atoms with E-state index in [-0.39, 0.29) is 0 Å². The molecular weight excluding hydrogens is 250 g/mol. The van der Waals surface area contributed by atoms with Gasteiger partial charge in [-0.2, -0.15) is 0 Å². The van der Waals surface area contributed by atoms with E-state index in [4.69, 9.17) is 5.73 Å². The second kappa shape index (κ2) is 5.28. The molecule has 2 heterocycles. The van der Waals surface area contributed by atoms with E-state index in [9.17, 15) is 0 Å². The van der Waals surface area contributed by atoms with E-state index in [1.165, 1.54) is 11.9 Å². The van der Waals surface area contributed by atoms with Gasteiger partial charge in [-0.1, -0.05) is 30.3 Å². The van der Waals surface area contributed by atoms with Crippen molar-refractivity contribution in [1.82, 2.24) is 19.5 Å². The predicted molar refractivity (Wildman–Crippen MR) is 79.2 cm³/mol. The summed E-state index contributed by atoms with van der Waals surface area (Å²) in [6, 6.07) is 10.8. The van der Waals surface area contributed by atoms with Crippen molar-refractivity contribution >= 4 is 17.0 Å². The van der Waals surface area contributed by atoms with Gasteiger partial charge in [-0.15, -0.1) is 0 Å². The Kier molecular flexibility index (Phi) is 3.33. The molecule has 0 aliphatic heterocycles. The van der Waals surface area contributed by atoms with Crippen LogP contribution in [0.5, 0.6) is 0 Å². The van der Waals surface area contributed by atoms with E-state index in [1.807, 2.05) is 6.07 Å². The molecule has 0 spiro atoms. The van der Waals surface area contributed by atoms with Crippen LogP contribution in [-0.4, -0.2) is 19.5 Å². The van der Waals surface area contributed by atoms with Gasteiger partial charge in [0.05, 0.1) is 6.33 Å². The Balaban J connectivity index is 1.79. The predicted octanol–water partition coefficient (Wildman–Crippen LogP) is 2.60. The van der Waals surface area contributed by atoms with Crippen LogP contribution in [0, 0.1) is 0 Å². The van der Waals surface area contributed by atoms with Crippen LogP contribution in [0.1, 0.15) is 24.9 Å². The molecule has 0 aliphatic carbocycles. The zero-order chi connectivity index (χ0) is 13.9. The third kappa shape index (κ3) is 2.34. The van der Waals surface area contributed by atoms with Gasteiger partial charge in [-0.3, -0.25) is 0 Å². The second-order valence-electron chi connectivity index (χ2n) is 4.96. The number of imidazole rings is 1. The Morgan fingerprint density at radius 2 is 1.95 bits per heavy atom. The second-order valence-corrected chi connectivity index (χ2v) is 4.96. The molecule has 0 saturated heterocycles. The van der Waals surface area contributed by atoms with Crippen molar-refractivity contribution < 1.29 is 0 Å². The molecule has 1 atom stereocenters. The van der Waals surface area contributed by atoms with Crippen LogP contribution < -0.4 is 5.73 Å². The van der Waals surface area contributed by atoms with Gasteiger partial charge in [0, 0.05) is 6.04 Å². The fourth-order valence-corrected chi connectivity index (χ4v) is 2.35. The highest BCUT2D eigenvalue weighted by Gasteiger charge is 2.12. The van der Waals surface area contributed by atoms with Gasteiger partial charge in [0.2, 0.25) is 0 Å².